The van der Waals surface area contributed by atoms with E-state index in [9.17, 15) is 18.0 Å². The number of carbonyl (C=O) groups is 2. The number of amides is 1. The second kappa shape index (κ2) is 10.7. The molecular weight excluding hydrogens is 514 g/mol. The van der Waals surface area contributed by atoms with Gasteiger partial charge >= 0.3 is 5.97 Å². The van der Waals surface area contributed by atoms with Crippen molar-refractivity contribution in [1.82, 2.24) is 0 Å². The lowest BCUT2D eigenvalue weighted by atomic mass is 10.1. The Kier molecular flexibility index (Phi) is 7.21. The molecule has 5 rings (SSSR count). The van der Waals surface area contributed by atoms with E-state index in [0.717, 1.165) is 15.1 Å². The van der Waals surface area contributed by atoms with E-state index < -0.39 is 21.9 Å². The third kappa shape index (κ3) is 4.91. The first-order chi connectivity index (χ1) is 18.8. The number of anilines is 1. The van der Waals surface area contributed by atoms with Gasteiger partial charge in [0.1, 0.15) is 16.9 Å². The second-order valence-corrected chi connectivity index (χ2v) is 10.8. The van der Waals surface area contributed by atoms with E-state index in [4.69, 9.17) is 9.15 Å². The Bertz CT molecular complexity index is 1790. The van der Waals surface area contributed by atoms with Gasteiger partial charge in [-0.1, -0.05) is 67.6 Å². The maximum atomic E-state index is 14.0. The van der Waals surface area contributed by atoms with E-state index in [1.54, 1.807) is 25.1 Å². The summed E-state index contributed by atoms with van der Waals surface area (Å²) in [6.07, 6.45) is 0.485. The molecule has 0 radical (unpaired) electrons. The first kappa shape index (κ1) is 26.2. The molecule has 4 aromatic carbocycles. The number of hydrogen-bond acceptors (Lipinski definition) is 6. The van der Waals surface area contributed by atoms with Crippen molar-refractivity contribution in [3.63, 3.8) is 0 Å². The highest BCUT2D eigenvalue weighted by Crippen LogP contribution is 2.37. The fourth-order valence-electron chi connectivity index (χ4n) is 4.58. The summed E-state index contributed by atoms with van der Waals surface area (Å²) in [7, 11) is -4.29. The number of ether oxygens (including phenoxy) is 1. The molecule has 0 aliphatic rings. The van der Waals surface area contributed by atoms with Crippen LogP contribution in [-0.2, 0) is 19.6 Å². The van der Waals surface area contributed by atoms with Gasteiger partial charge in [0.25, 0.3) is 10.0 Å². The van der Waals surface area contributed by atoms with Gasteiger partial charge in [-0.05, 0) is 54.4 Å². The molecule has 0 unspecified atom stereocenters. The van der Waals surface area contributed by atoms with Crippen LogP contribution in [-0.4, -0.2) is 26.9 Å². The minimum atomic E-state index is -4.29. The first-order valence-electron chi connectivity index (χ1n) is 12.7. The van der Waals surface area contributed by atoms with Gasteiger partial charge in [-0.15, -0.1) is 0 Å². The molecule has 0 atom stereocenters. The largest absolute Gasteiger partial charge is 0.462 e. The van der Waals surface area contributed by atoms with Crippen LogP contribution in [0.1, 0.15) is 37.0 Å². The van der Waals surface area contributed by atoms with Crippen molar-refractivity contribution < 1.29 is 27.2 Å². The molecule has 5 aromatic rings. The maximum Gasteiger partial charge on any atom is 0.342 e. The van der Waals surface area contributed by atoms with Crippen LogP contribution < -0.4 is 4.31 Å². The fourth-order valence-corrected chi connectivity index (χ4v) is 6.05. The summed E-state index contributed by atoms with van der Waals surface area (Å²) < 4.78 is 40.1. The van der Waals surface area contributed by atoms with Crippen LogP contribution in [0.25, 0.3) is 33.1 Å². The number of benzene rings is 4. The maximum absolute atomic E-state index is 14.0. The first-order valence-corrected chi connectivity index (χ1v) is 14.1. The Morgan fingerprint density at radius 1 is 0.846 bits per heavy atom. The molecule has 39 heavy (non-hydrogen) atoms. The minimum absolute atomic E-state index is 0.00599. The molecule has 1 amide bonds. The number of nitrogens with zero attached hydrogens (tertiary/aromatic N) is 1. The lowest BCUT2D eigenvalue weighted by molar-refractivity contribution is -0.117. The molecule has 0 spiro atoms. The van der Waals surface area contributed by atoms with Gasteiger partial charge in [-0.3, -0.25) is 4.79 Å². The van der Waals surface area contributed by atoms with Crippen molar-refractivity contribution in [2.45, 2.75) is 31.6 Å². The van der Waals surface area contributed by atoms with Gasteiger partial charge in [-0.2, -0.15) is 0 Å². The minimum Gasteiger partial charge on any atom is -0.462 e. The van der Waals surface area contributed by atoms with E-state index in [1.165, 1.54) is 18.2 Å². The average Bonchev–Trinajstić information content (AvgIpc) is 3.32. The Balaban J connectivity index is 1.70. The number of carbonyl (C=O) groups excluding carboxylic acids is 2. The van der Waals surface area contributed by atoms with Crippen LogP contribution >= 0.6 is 0 Å². The zero-order valence-electron chi connectivity index (χ0n) is 21.6. The topological polar surface area (TPSA) is 93.9 Å². The summed E-state index contributed by atoms with van der Waals surface area (Å²) >= 11 is 0. The normalized spacial score (nSPS) is 11.5. The smallest absolute Gasteiger partial charge is 0.342 e. The molecule has 8 heteroatoms. The third-order valence-corrected chi connectivity index (χ3v) is 8.12. The van der Waals surface area contributed by atoms with Crippen LogP contribution in [0.2, 0.25) is 0 Å². The zero-order chi connectivity index (χ0) is 27.6. The molecular formula is C31H27NO6S. The lowest BCUT2D eigenvalue weighted by Crippen LogP contribution is -2.36. The van der Waals surface area contributed by atoms with E-state index in [-0.39, 0.29) is 29.2 Å². The van der Waals surface area contributed by atoms with E-state index >= 15 is 0 Å². The van der Waals surface area contributed by atoms with Crippen molar-refractivity contribution in [1.29, 1.82) is 0 Å². The summed E-state index contributed by atoms with van der Waals surface area (Å²) in [6.45, 7) is 3.66. The zero-order valence-corrected chi connectivity index (χ0v) is 22.4. The summed E-state index contributed by atoms with van der Waals surface area (Å²) in [5, 5.41) is 1.98. The second-order valence-electron chi connectivity index (χ2n) is 9.00. The number of sulfonamides is 1. The van der Waals surface area contributed by atoms with Crippen molar-refractivity contribution >= 4 is 49.3 Å². The fraction of sp³-hybridized carbons (Fsp3) is 0.161. The summed E-state index contributed by atoms with van der Waals surface area (Å²) in [4.78, 5) is 26.4. The molecule has 0 bridgehead atoms. The van der Waals surface area contributed by atoms with Gasteiger partial charge in [0.2, 0.25) is 5.91 Å². The SMILES string of the molecule is CCCC(=O)N(c1ccc2oc(-c3ccccc3)c(C(=O)OCC)c2c1)S(=O)(=O)c1ccc2ccccc2c1. The highest BCUT2D eigenvalue weighted by atomic mass is 32.2. The van der Waals surface area contributed by atoms with Gasteiger partial charge < -0.3 is 9.15 Å². The van der Waals surface area contributed by atoms with Crippen molar-refractivity contribution in [2.24, 2.45) is 0 Å². The molecule has 0 saturated carbocycles. The lowest BCUT2D eigenvalue weighted by Gasteiger charge is -2.23. The Hall–Kier alpha value is -4.43. The average molecular weight is 542 g/mol. The third-order valence-electron chi connectivity index (χ3n) is 6.37. The van der Waals surface area contributed by atoms with Gasteiger partial charge in [0.15, 0.2) is 0 Å². The van der Waals surface area contributed by atoms with Crippen LogP contribution in [0.4, 0.5) is 5.69 Å². The predicted octanol–water partition coefficient (Wildman–Crippen LogP) is 6.95. The van der Waals surface area contributed by atoms with Gasteiger partial charge in [0.05, 0.1) is 17.2 Å². The molecule has 1 aromatic heterocycles. The van der Waals surface area contributed by atoms with Crippen LogP contribution in [0.3, 0.4) is 0 Å². The van der Waals surface area contributed by atoms with Crippen LogP contribution in [0.15, 0.2) is 100 Å². The van der Waals surface area contributed by atoms with Crippen molar-refractivity contribution in [3.05, 3.63) is 96.6 Å². The van der Waals surface area contributed by atoms with Crippen LogP contribution in [0.5, 0.6) is 0 Å². The molecule has 1 heterocycles. The Morgan fingerprint density at radius 2 is 1.56 bits per heavy atom. The molecule has 0 fully saturated rings. The number of esters is 1. The summed E-state index contributed by atoms with van der Waals surface area (Å²) in [5.41, 5.74) is 1.32. The van der Waals surface area contributed by atoms with Gasteiger partial charge in [0, 0.05) is 17.4 Å². The number of hydrogen-bond donors (Lipinski definition) is 0. The molecule has 0 aliphatic heterocycles. The number of fused-ring (bicyclic) bond motifs is 2. The highest BCUT2D eigenvalue weighted by molar-refractivity contribution is 7.93. The Labute approximate surface area is 226 Å². The van der Waals surface area contributed by atoms with Crippen LogP contribution in [0, 0.1) is 0 Å². The van der Waals surface area contributed by atoms with Crippen molar-refractivity contribution in [3.8, 4) is 11.3 Å². The van der Waals surface area contributed by atoms with E-state index in [0.29, 0.717) is 28.7 Å². The molecule has 0 N–H and O–H groups in total. The highest BCUT2D eigenvalue weighted by Gasteiger charge is 2.32. The molecule has 198 valence electrons. The van der Waals surface area contributed by atoms with Gasteiger partial charge in [-0.25, -0.2) is 17.5 Å². The predicted molar refractivity (Wildman–Crippen MR) is 151 cm³/mol. The van der Waals surface area contributed by atoms with E-state index in [2.05, 4.69) is 0 Å². The Morgan fingerprint density at radius 3 is 2.28 bits per heavy atom. The monoisotopic (exact) mass is 541 g/mol. The number of furan rings is 1. The molecule has 0 saturated heterocycles. The molecule has 0 aliphatic carbocycles. The quantitative estimate of drug-likeness (QED) is 0.197. The standard InChI is InChI=1S/C31H27NO6S/c1-3-10-28(33)32(39(35,36)25-17-15-21-11-8-9-14-23(21)19-25)24-16-18-27-26(20-24)29(31(34)37-4-2)30(38-27)22-12-6-5-7-13-22/h5-9,11-20H,3-4,10H2,1-2H3. The summed E-state index contributed by atoms with van der Waals surface area (Å²) in [6, 6.07) is 25.9. The summed E-state index contributed by atoms with van der Waals surface area (Å²) in [5.74, 6) is -0.865. The molecule has 7 nitrogen and oxygen atoms in total. The number of rotatable bonds is 8. The van der Waals surface area contributed by atoms with Crippen molar-refractivity contribution in [2.75, 3.05) is 10.9 Å². The van der Waals surface area contributed by atoms with E-state index in [1.807, 2.05) is 61.5 Å².